The van der Waals surface area contributed by atoms with Gasteiger partial charge >= 0.3 is 0 Å². The Kier molecular flexibility index (Phi) is 5.34. The lowest BCUT2D eigenvalue weighted by Gasteiger charge is -1.93. The second-order valence-corrected chi connectivity index (χ2v) is 3.90. The van der Waals surface area contributed by atoms with E-state index in [9.17, 15) is 4.79 Å². The zero-order valence-corrected chi connectivity index (χ0v) is 10.6. The first-order chi connectivity index (χ1) is 8.63. The van der Waals surface area contributed by atoms with Gasteiger partial charge in [0.05, 0.1) is 11.6 Å². The van der Waals surface area contributed by atoms with Gasteiger partial charge in [0.15, 0.2) is 5.78 Å². The molecule has 0 N–H and O–H groups in total. The van der Waals surface area contributed by atoms with Crippen molar-refractivity contribution in [2.75, 3.05) is 0 Å². The van der Waals surface area contributed by atoms with Gasteiger partial charge in [0.2, 0.25) is 0 Å². The zero-order chi connectivity index (χ0) is 13.4. The molecule has 0 amide bonds. The van der Waals surface area contributed by atoms with Gasteiger partial charge in [-0.3, -0.25) is 4.79 Å². The molecule has 0 saturated carbocycles. The Morgan fingerprint density at radius 2 is 1.56 bits per heavy atom. The van der Waals surface area contributed by atoms with Gasteiger partial charge in [-0.25, -0.2) is 0 Å². The Morgan fingerprint density at radius 1 is 1.00 bits per heavy atom. The second-order valence-electron chi connectivity index (χ2n) is 3.90. The minimum Gasteiger partial charge on any atom is -0.295 e. The van der Waals surface area contributed by atoms with E-state index in [2.05, 4.69) is 0 Å². The van der Waals surface area contributed by atoms with Crippen LogP contribution in [0.2, 0.25) is 0 Å². The van der Waals surface area contributed by atoms with Gasteiger partial charge in [-0.15, -0.1) is 0 Å². The highest BCUT2D eigenvalue weighted by Gasteiger charge is 1.95. The van der Waals surface area contributed by atoms with Crippen LogP contribution in [-0.2, 0) is 0 Å². The van der Waals surface area contributed by atoms with Crippen molar-refractivity contribution in [3.05, 3.63) is 71.3 Å². The third-order valence-corrected chi connectivity index (χ3v) is 2.36. The molecule has 0 aromatic heterocycles. The van der Waals surface area contributed by atoms with E-state index in [0.717, 1.165) is 5.56 Å². The number of Topliss-reactive ketones (excluding diaryl/α,β-unsaturated/α-hetero) is 1. The molecule has 0 aliphatic carbocycles. The molecular weight excluding hydrogens is 222 g/mol. The summed E-state index contributed by atoms with van der Waals surface area (Å²) in [5, 5.41) is 8.29. The number of aryl methyl sites for hydroxylation is 1. The number of benzene rings is 2. The van der Waals surface area contributed by atoms with Gasteiger partial charge in [-0.1, -0.05) is 48.0 Å². The quantitative estimate of drug-likeness (QED) is 0.708. The zero-order valence-electron chi connectivity index (χ0n) is 10.6. The molecule has 0 unspecified atom stereocenters. The Morgan fingerprint density at radius 3 is 1.94 bits per heavy atom. The standard InChI is InChI=1S/C9H10O.C7H5N/c1-7-3-5-9(6-4-7)8(2)10;8-6-7-4-2-1-3-5-7/h3-6H,1-2H3;1-5H. The van der Waals surface area contributed by atoms with Crippen molar-refractivity contribution in [2.24, 2.45) is 0 Å². The summed E-state index contributed by atoms with van der Waals surface area (Å²) >= 11 is 0. The van der Waals surface area contributed by atoms with Gasteiger partial charge in [-0.2, -0.15) is 5.26 Å². The summed E-state index contributed by atoms with van der Waals surface area (Å²) in [5.41, 5.74) is 2.68. The van der Waals surface area contributed by atoms with Gasteiger partial charge < -0.3 is 0 Å². The maximum Gasteiger partial charge on any atom is 0.159 e. The number of rotatable bonds is 1. The SMILES string of the molecule is CC(=O)c1ccc(C)cc1.N#Cc1ccccc1. The third kappa shape index (κ3) is 4.63. The van der Waals surface area contributed by atoms with Crippen LogP contribution in [0.5, 0.6) is 0 Å². The number of carbonyl (C=O) groups excluding carboxylic acids is 1. The van der Waals surface area contributed by atoms with Gasteiger partial charge in [-0.05, 0) is 26.0 Å². The molecule has 90 valence electrons. The molecule has 0 radical (unpaired) electrons. The number of nitriles is 1. The van der Waals surface area contributed by atoms with Crippen LogP contribution < -0.4 is 0 Å². The number of nitrogens with zero attached hydrogens (tertiary/aromatic N) is 1. The second kappa shape index (κ2) is 7.03. The van der Waals surface area contributed by atoms with E-state index < -0.39 is 0 Å². The maximum atomic E-state index is 10.8. The monoisotopic (exact) mass is 237 g/mol. The Labute approximate surface area is 108 Å². The van der Waals surface area contributed by atoms with Crippen molar-refractivity contribution in [3.63, 3.8) is 0 Å². The van der Waals surface area contributed by atoms with Crippen molar-refractivity contribution in [1.29, 1.82) is 5.26 Å². The summed E-state index contributed by atoms with van der Waals surface area (Å²) in [7, 11) is 0. The summed E-state index contributed by atoms with van der Waals surface area (Å²) in [6.45, 7) is 3.58. The number of ketones is 1. The van der Waals surface area contributed by atoms with E-state index in [1.54, 1.807) is 19.1 Å². The van der Waals surface area contributed by atoms with Crippen molar-refractivity contribution in [3.8, 4) is 6.07 Å². The number of carbonyl (C=O) groups is 1. The molecule has 0 aliphatic rings. The van der Waals surface area contributed by atoms with E-state index in [0.29, 0.717) is 5.56 Å². The number of hydrogen-bond donors (Lipinski definition) is 0. The van der Waals surface area contributed by atoms with Crippen LogP contribution in [-0.4, -0.2) is 5.78 Å². The lowest BCUT2D eigenvalue weighted by atomic mass is 10.1. The largest absolute Gasteiger partial charge is 0.295 e. The molecule has 0 atom stereocenters. The molecule has 0 fully saturated rings. The third-order valence-electron chi connectivity index (χ3n) is 2.36. The van der Waals surface area contributed by atoms with Crippen LogP contribution >= 0.6 is 0 Å². The molecule has 0 bridgehead atoms. The van der Waals surface area contributed by atoms with Crippen LogP contribution in [0.15, 0.2) is 54.6 Å². The summed E-state index contributed by atoms with van der Waals surface area (Å²) in [6, 6.07) is 18.7. The van der Waals surface area contributed by atoms with E-state index in [-0.39, 0.29) is 5.78 Å². The van der Waals surface area contributed by atoms with Crippen molar-refractivity contribution in [2.45, 2.75) is 13.8 Å². The van der Waals surface area contributed by atoms with Crippen LogP contribution in [0, 0.1) is 18.3 Å². The molecule has 18 heavy (non-hydrogen) atoms. The molecular formula is C16H15NO. The summed E-state index contributed by atoms with van der Waals surface area (Å²) < 4.78 is 0. The van der Waals surface area contributed by atoms with Crippen LogP contribution in [0.3, 0.4) is 0 Å². The average molecular weight is 237 g/mol. The maximum absolute atomic E-state index is 10.8. The normalized spacial score (nSPS) is 8.72. The van der Waals surface area contributed by atoms with Crippen LogP contribution in [0.4, 0.5) is 0 Å². The number of hydrogen-bond acceptors (Lipinski definition) is 2. The first kappa shape index (κ1) is 13.7. The van der Waals surface area contributed by atoms with Gasteiger partial charge in [0.25, 0.3) is 0 Å². The summed E-state index contributed by atoms with van der Waals surface area (Å²) in [5.74, 6) is 0.125. The lowest BCUT2D eigenvalue weighted by Crippen LogP contribution is -1.90. The highest BCUT2D eigenvalue weighted by Crippen LogP contribution is 2.02. The lowest BCUT2D eigenvalue weighted by molar-refractivity contribution is 0.101. The molecule has 0 saturated heterocycles. The molecule has 0 heterocycles. The van der Waals surface area contributed by atoms with Gasteiger partial charge in [0.1, 0.15) is 0 Å². The van der Waals surface area contributed by atoms with Gasteiger partial charge in [0, 0.05) is 5.56 Å². The fourth-order valence-electron chi connectivity index (χ4n) is 1.30. The Balaban J connectivity index is 0.000000184. The fraction of sp³-hybridized carbons (Fsp3) is 0.125. The first-order valence-corrected chi connectivity index (χ1v) is 5.66. The highest BCUT2D eigenvalue weighted by atomic mass is 16.1. The predicted octanol–water partition coefficient (Wildman–Crippen LogP) is 3.76. The Bertz CT molecular complexity index is 536. The molecule has 2 heteroatoms. The summed E-state index contributed by atoms with van der Waals surface area (Å²) in [6.07, 6.45) is 0. The minimum atomic E-state index is 0.125. The van der Waals surface area contributed by atoms with E-state index >= 15 is 0 Å². The molecule has 0 aliphatic heterocycles. The topological polar surface area (TPSA) is 40.9 Å². The average Bonchev–Trinajstić information content (AvgIpc) is 2.41. The van der Waals surface area contributed by atoms with E-state index in [4.69, 9.17) is 5.26 Å². The van der Waals surface area contributed by atoms with Crippen molar-refractivity contribution >= 4 is 5.78 Å². The molecule has 2 nitrogen and oxygen atoms in total. The van der Waals surface area contributed by atoms with Crippen LogP contribution in [0.1, 0.15) is 28.4 Å². The van der Waals surface area contributed by atoms with E-state index in [1.165, 1.54) is 5.56 Å². The van der Waals surface area contributed by atoms with Crippen molar-refractivity contribution < 1.29 is 4.79 Å². The smallest absolute Gasteiger partial charge is 0.159 e. The minimum absolute atomic E-state index is 0.125. The highest BCUT2D eigenvalue weighted by molar-refractivity contribution is 5.93. The van der Waals surface area contributed by atoms with Crippen LogP contribution in [0.25, 0.3) is 0 Å². The molecule has 2 rings (SSSR count). The summed E-state index contributed by atoms with van der Waals surface area (Å²) in [4.78, 5) is 10.8. The Hall–Kier alpha value is -2.40. The molecule has 2 aromatic rings. The predicted molar refractivity (Wildman–Crippen MR) is 72.3 cm³/mol. The molecule has 0 spiro atoms. The van der Waals surface area contributed by atoms with E-state index in [1.807, 2.05) is 55.5 Å². The fourth-order valence-corrected chi connectivity index (χ4v) is 1.30. The van der Waals surface area contributed by atoms with Crippen molar-refractivity contribution in [1.82, 2.24) is 0 Å². The molecule has 2 aromatic carbocycles. The first-order valence-electron chi connectivity index (χ1n) is 5.66.